The molecule has 1 rings (SSSR count). The van der Waals surface area contributed by atoms with Crippen molar-refractivity contribution in [1.29, 1.82) is 0 Å². The van der Waals surface area contributed by atoms with E-state index in [1.165, 1.54) is 5.56 Å². The van der Waals surface area contributed by atoms with Crippen LogP contribution in [0.1, 0.15) is 18.5 Å². The van der Waals surface area contributed by atoms with Gasteiger partial charge in [0.25, 0.3) is 0 Å². The van der Waals surface area contributed by atoms with E-state index in [0.717, 1.165) is 12.3 Å². The number of ether oxygens (including phenoxy) is 2. The molecule has 1 aromatic carbocycles. The van der Waals surface area contributed by atoms with E-state index in [1.807, 2.05) is 19.1 Å². The highest BCUT2D eigenvalue weighted by molar-refractivity contribution is 5.29. The first-order valence-electron chi connectivity index (χ1n) is 6.18. The smallest absolute Gasteiger partial charge is 0.118 e. The predicted molar refractivity (Wildman–Crippen MR) is 73.9 cm³/mol. The summed E-state index contributed by atoms with van der Waals surface area (Å²) in [4.78, 5) is 2.22. The number of nitrogens with two attached hydrogens (primary N) is 1. The quantitative estimate of drug-likeness (QED) is 0.802. The molecule has 2 atom stereocenters. The fourth-order valence-corrected chi connectivity index (χ4v) is 2.13. The lowest BCUT2D eigenvalue weighted by atomic mass is 9.99. The number of benzene rings is 1. The third kappa shape index (κ3) is 3.98. The summed E-state index contributed by atoms with van der Waals surface area (Å²) in [5.74, 6) is 0.863. The van der Waals surface area contributed by atoms with Gasteiger partial charge in [0, 0.05) is 25.7 Å². The van der Waals surface area contributed by atoms with Gasteiger partial charge in [-0.25, -0.2) is 0 Å². The molecule has 0 aliphatic carbocycles. The van der Waals surface area contributed by atoms with Gasteiger partial charge in [-0.3, -0.25) is 4.90 Å². The Balaban J connectivity index is 2.82. The number of likely N-dealkylation sites (N-methyl/N-ethyl adjacent to an activating group) is 1. The van der Waals surface area contributed by atoms with Crippen molar-refractivity contribution in [2.75, 3.05) is 34.4 Å². The standard InChI is InChI=1S/C14H24N2O2/c1-11(15)14(16(2)9-10-17-3)12-5-7-13(18-4)8-6-12/h5-8,11,14H,9-10,15H2,1-4H3. The zero-order valence-corrected chi connectivity index (χ0v) is 11.7. The molecule has 0 bridgehead atoms. The first-order valence-corrected chi connectivity index (χ1v) is 6.18. The summed E-state index contributed by atoms with van der Waals surface area (Å²) in [5, 5.41) is 0. The molecule has 0 spiro atoms. The van der Waals surface area contributed by atoms with Gasteiger partial charge in [0.05, 0.1) is 13.7 Å². The first-order chi connectivity index (χ1) is 8.60. The Kier molecular flexibility index (Phi) is 6.12. The van der Waals surface area contributed by atoms with Crippen LogP contribution in [0.15, 0.2) is 24.3 Å². The van der Waals surface area contributed by atoms with Crippen LogP contribution in [0, 0.1) is 0 Å². The van der Waals surface area contributed by atoms with Gasteiger partial charge >= 0.3 is 0 Å². The van der Waals surface area contributed by atoms with Crippen molar-refractivity contribution in [1.82, 2.24) is 4.90 Å². The van der Waals surface area contributed by atoms with Crippen molar-refractivity contribution >= 4 is 0 Å². The maximum atomic E-state index is 6.10. The summed E-state index contributed by atoms with van der Waals surface area (Å²) in [6.45, 7) is 3.59. The van der Waals surface area contributed by atoms with E-state index >= 15 is 0 Å². The highest BCUT2D eigenvalue weighted by Gasteiger charge is 2.20. The minimum absolute atomic E-state index is 0.0558. The van der Waals surface area contributed by atoms with Crippen molar-refractivity contribution in [3.8, 4) is 5.75 Å². The Morgan fingerprint density at radius 2 is 1.83 bits per heavy atom. The minimum atomic E-state index is 0.0558. The number of methoxy groups -OCH3 is 2. The molecule has 102 valence electrons. The molecule has 0 aliphatic rings. The van der Waals surface area contributed by atoms with Gasteiger partial charge in [-0.1, -0.05) is 12.1 Å². The third-order valence-corrected chi connectivity index (χ3v) is 3.08. The van der Waals surface area contributed by atoms with Gasteiger partial charge in [-0.2, -0.15) is 0 Å². The number of hydrogen-bond acceptors (Lipinski definition) is 4. The molecule has 2 unspecified atom stereocenters. The maximum Gasteiger partial charge on any atom is 0.118 e. The Morgan fingerprint density at radius 1 is 1.22 bits per heavy atom. The molecule has 1 aromatic rings. The average Bonchev–Trinajstić information content (AvgIpc) is 2.37. The second kappa shape index (κ2) is 7.36. The van der Waals surface area contributed by atoms with Gasteiger partial charge in [0.2, 0.25) is 0 Å². The maximum absolute atomic E-state index is 6.10. The summed E-state index contributed by atoms with van der Waals surface area (Å²) in [7, 11) is 5.45. The fourth-order valence-electron chi connectivity index (χ4n) is 2.13. The molecule has 4 nitrogen and oxygen atoms in total. The predicted octanol–water partition coefficient (Wildman–Crippen LogP) is 1.66. The van der Waals surface area contributed by atoms with Crippen molar-refractivity contribution in [3.63, 3.8) is 0 Å². The minimum Gasteiger partial charge on any atom is -0.497 e. The first kappa shape index (κ1) is 15.0. The monoisotopic (exact) mass is 252 g/mol. The Labute approximate surface area is 110 Å². The van der Waals surface area contributed by atoms with E-state index in [1.54, 1.807) is 14.2 Å². The van der Waals surface area contributed by atoms with Crippen LogP contribution in [0.4, 0.5) is 0 Å². The highest BCUT2D eigenvalue weighted by Crippen LogP contribution is 2.24. The average molecular weight is 252 g/mol. The fraction of sp³-hybridized carbons (Fsp3) is 0.571. The zero-order valence-electron chi connectivity index (χ0n) is 11.7. The molecular formula is C14H24N2O2. The summed E-state index contributed by atoms with van der Waals surface area (Å²) in [6, 6.07) is 8.31. The molecule has 0 aliphatic heterocycles. The lowest BCUT2D eigenvalue weighted by Gasteiger charge is -2.31. The molecule has 0 aromatic heterocycles. The van der Waals surface area contributed by atoms with Crippen LogP contribution >= 0.6 is 0 Å². The lowest BCUT2D eigenvalue weighted by Crippen LogP contribution is -2.38. The molecule has 0 radical (unpaired) electrons. The van der Waals surface area contributed by atoms with Gasteiger partial charge in [-0.05, 0) is 31.7 Å². The van der Waals surface area contributed by atoms with Gasteiger partial charge in [0.15, 0.2) is 0 Å². The molecule has 0 saturated heterocycles. The van der Waals surface area contributed by atoms with Crippen LogP contribution in [-0.2, 0) is 4.74 Å². The van der Waals surface area contributed by atoms with E-state index in [-0.39, 0.29) is 12.1 Å². The normalized spacial score (nSPS) is 14.6. The molecule has 2 N–H and O–H groups in total. The van der Waals surface area contributed by atoms with Crippen molar-refractivity contribution in [3.05, 3.63) is 29.8 Å². The Hall–Kier alpha value is -1.10. The van der Waals surface area contributed by atoms with E-state index < -0.39 is 0 Å². The lowest BCUT2D eigenvalue weighted by molar-refractivity contribution is 0.131. The molecule has 18 heavy (non-hydrogen) atoms. The topological polar surface area (TPSA) is 47.7 Å². The highest BCUT2D eigenvalue weighted by atomic mass is 16.5. The van der Waals surface area contributed by atoms with E-state index in [2.05, 4.69) is 24.1 Å². The summed E-state index contributed by atoms with van der Waals surface area (Å²) >= 11 is 0. The summed E-state index contributed by atoms with van der Waals surface area (Å²) in [5.41, 5.74) is 7.30. The third-order valence-electron chi connectivity index (χ3n) is 3.08. The number of rotatable bonds is 7. The van der Waals surface area contributed by atoms with Crippen LogP contribution in [0.25, 0.3) is 0 Å². The van der Waals surface area contributed by atoms with E-state index in [4.69, 9.17) is 15.2 Å². The van der Waals surface area contributed by atoms with Crippen LogP contribution in [0.3, 0.4) is 0 Å². The van der Waals surface area contributed by atoms with Crippen molar-refractivity contribution < 1.29 is 9.47 Å². The van der Waals surface area contributed by atoms with Crippen molar-refractivity contribution in [2.45, 2.75) is 19.0 Å². The largest absolute Gasteiger partial charge is 0.497 e. The molecule has 0 saturated carbocycles. The second-order valence-electron chi connectivity index (χ2n) is 4.55. The molecule has 0 fully saturated rings. The Morgan fingerprint density at radius 3 is 2.28 bits per heavy atom. The number of nitrogens with zero attached hydrogens (tertiary/aromatic N) is 1. The Bertz CT molecular complexity index is 338. The molecular weight excluding hydrogens is 228 g/mol. The van der Waals surface area contributed by atoms with Gasteiger partial charge in [-0.15, -0.1) is 0 Å². The second-order valence-corrected chi connectivity index (χ2v) is 4.55. The van der Waals surface area contributed by atoms with E-state index in [0.29, 0.717) is 6.61 Å². The molecule has 0 amide bonds. The van der Waals surface area contributed by atoms with Crippen LogP contribution in [-0.4, -0.2) is 45.4 Å². The van der Waals surface area contributed by atoms with E-state index in [9.17, 15) is 0 Å². The van der Waals surface area contributed by atoms with Gasteiger partial charge in [0.1, 0.15) is 5.75 Å². The SMILES string of the molecule is COCCN(C)C(c1ccc(OC)cc1)C(C)N. The summed E-state index contributed by atoms with van der Waals surface area (Å²) in [6.07, 6.45) is 0. The van der Waals surface area contributed by atoms with Crippen LogP contribution < -0.4 is 10.5 Å². The zero-order chi connectivity index (χ0) is 13.5. The van der Waals surface area contributed by atoms with Crippen LogP contribution in [0.5, 0.6) is 5.75 Å². The number of hydrogen-bond donors (Lipinski definition) is 1. The summed E-state index contributed by atoms with van der Waals surface area (Å²) < 4.78 is 10.3. The van der Waals surface area contributed by atoms with Gasteiger partial charge < -0.3 is 15.2 Å². The molecule has 0 heterocycles. The van der Waals surface area contributed by atoms with Crippen LogP contribution in [0.2, 0.25) is 0 Å². The molecule has 4 heteroatoms. The van der Waals surface area contributed by atoms with Crippen molar-refractivity contribution in [2.24, 2.45) is 5.73 Å².